The van der Waals surface area contributed by atoms with Crippen LogP contribution in [0.4, 0.5) is 8.78 Å². The third-order valence-electron chi connectivity index (χ3n) is 2.15. The second kappa shape index (κ2) is 7.73. The first kappa shape index (κ1) is 14.5. The molecule has 2 N–H and O–H groups in total. The van der Waals surface area contributed by atoms with Gasteiger partial charge in [-0.1, -0.05) is 6.07 Å². The highest BCUT2D eigenvalue weighted by Crippen LogP contribution is 2.08. The number of aliphatic hydroxyl groups is 1. The zero-order valence-electron chi connectivity index (χ0n) is 9.79. The van der Waals surface area contributed by atoms with Crippen LogP contribution in [0.3, 0.4) is 0 Å². The molecule has 0 heterocycles. The minimum absolute atomic E-state index is 0.0167. The molecule has 0 saturated carbocycles. The average molecular weight is 259 g/mol. The van der Waals surface area contributed by atoms with Crippen molar-refractivity contribution in [2.75, 3.05) is 26.4 Å². The quantitative estimate of drug-likeness (QED) is 0.706. The fraction of sp³-hybridized carbons (Fsp3) is 0.417. The number of carbonyl (C=O) groups excluding carboxylic acids is 1. The van der Waals surface area contributed by atoms with Crippen LogP contribution in [0.1, 0.15) is 5.56 Å². The predicted molar refractivity (Wildman–Crippen MR) is 61.0 cm³/mol. The van der Waals surface area contributed by atoms with Gasteiger partial charge in [-0.05, 0) is 17.7 Å². The van der Waals surface area contributed by atoms with E-state index in [0.717, 1.165) is 12.1 Å². The predicted octanol–water partition coefficient (Wildman–Crippen LogP) is 0.632. The largest absolute Gasteiger partial charge is 0.394 e. The molecule has 4 nitrogen and oxygen atoms in total. The van der Waals surface area contributed by atoms with E-state index in [1.807, 2.05) is 0 Å². The van der Waals surface area contributed by atoms with Gasteiger partial charge in [-0.3, -0.25) is 4.79 Å². The zero-order chi connectivity index (χ0) is 13.4. The van der Waals surface area contributed by atoms with Gasteiger partial charge in [-0.15, -0.1) is 0 Å². The summed E-state index contributed by atoms with van der Waals surface area (Å²) in [6, 6.07) is 3.35. The Morgan fingerprint density at radius 1 is 1.28 bits per heavy atom. The first-order chi connectivity index (χ1) is 8.63. The average Bonchev–Trinajstić information content (AvgIpc) is 2.34. The van der Waals surface area contributed by atoms with Crippen molar-refractivity contribution in [3.8, 4) is 0 Å². The van der Waals surface area contributed by atoms with Crippen LogP contribution in [-0.4, -0.2) is 37.4 Å². The topological polar surface area (TPSA) is 58.6 Å². The summed E-state index contributed by atoms with van der Waals surface area (Å²) in [6.45, 7) is 0.758. The normalized spacial score (nSPS) is 10.4. The Kier molecular flexibility index (Phi) is 6.24. The smallest absolute Gasteiger partial charge is 0.224 e. The molecule has 0 bridgehead atoms. The van der Waals surface area contributed by atoms with Gasteiger partial charge >= 0.3 is 0 Å². The number of carbonyl (C=O) groups is 1. The summed E-state index contributed by atoms with van der Waals surface area (Å²) in [5.41, 5.74) is 0.405. The first-order valence-electron chi connectivity index (χ1n) is 5.52. The second-order valence-electron chi connectivity index (χ2n) is 3.61. The van der Waals surface area contributed by atoms with Crippen LogP contribution in [-0.2, 0) is 16.0 Å². The highest BCUT2D eigenvalue weighted by molar-refractivity contribution is 5.78. The maximum absolute atomic E-state index is 12.9. The maximum Gasteiger partial charge on any atom is 0.224 e. The number of nitrogens with one attached hydrogen (secondary N) is 1. The van der Waals surface area contributed by atoms with E-state index < -0.39 is 11.6 Å². The van der Waals surface area contributed by atoms with E-state index in [0.29, 0.717) is 18.7 Å². The number of hydrogen-bond donors (Lipinski definition) is 2. The summed E-state index contributed by atoms with van der Waals surface area (Å²) in [5.74, 6) is -2.20. The molecule has 0 aromatic heterocycles. The number of halogens is 2. The number of benzene rings is 1. The second-order valence-corrected chi connectivity index (χ2v) is 3.61. The highest BCUT2D eigenvalue weighted by Gasteiger charge is 2.06. The van der Waals surface area contributed by atoms with E-state index in [9.17, 15) is 13.6 Å². The molecule has 1 aromatic carbocycles. The van der Waals surface area contributed by atoms with E-state index in [1.54, 1.807) is 0 Å². The molecule has 0 saturated heterocycles. The fourth-order valence-corrected chi connectivity index (χ4v) is 1.33. The number of ether oxygens (including phenoxy) is 1. The molecule has 0 unspecified atom stereocenters. The zero-order valence-corrected chi connectivity index (χ0v) is 9.79. The molecule has 6 heteroatoms. The van der Waals surface area contributed by atoms with Gasteiger partial charge in [0, 0.05) is 6.54 Å². The van der Waals surface area contributed by atoms with Crippen molar-refractivity contribution >= 4 is 5.91 Å². The SMILES string of the molecule is O=C(Cc1ccc(F)c(F)c1)NCCOCCO. The summed E-state index contributed by atoms with van der Waals surface area (Å²) in [6.07, 6.45) is -0.0167. The van der Waals surface area contributed by atoms with Crippen LogP contribution in [0.2, 0.25) is 0 Å². The first-order valence-corrected chi connectivity index (χ1v) is 5.52. The lowest BCUT2D eigenvalue weighted by Gasteiger charge is -2.06. The van der Waals surface area contributed by atoms with Gasteiger partial charge in [-0.25, -0.2) is 8.78 Å². The molecule has 18 heavy (non-hydrogen) atoms. The van der Waals surface area contributed by atoms with Crippen LogP contribution in [0, 0.1) is 11.6 Å². The van der Waals surface area contributed by atoms with Gasteiger partial charge in [0.15, 0.2) is 11.6 Å². The van der Waals surface area contributed by atoms with Crippen molar-refractivity contribution < 1.29 is 23.4 Å². The van der Waals surface area contributed by atoms with Crippen LogP contribution < -0.4 is 5.32 Å². The van der Waals surface area contributed by atoms with Gasteiger partial charge in [0.25, 0.3) is 0 Å². The van der Waals surface area contributed by atoms with E-state index in [-0.39, 0.29) is 25.5 Å². The molecule has 1 amide bonds. The van der Waals surface area contributed by atoms with Crippen LogP contribution in [0.5, 0.6) is 0 Å². The molecule has 0 fully saturated rings. The fourth-order valence-electron chi connectivity index (χ4n) is 1.33. The van der Waals surface area contributed by atoms with E-state index in [2.05, 4.69) is 5.32 Å². The molecule has 0 atom stereocenters. The molecule has 0 aliphatic carbocycles. The lowest BCUT2D eigenvalue weighted by Crippen LogP contribution is -2.29. The summed E-state index contributed by atoms with van der Waals surface area (Å²) >= 11 is 0. The molecule has 0 aliphatic rings. The van der Waals surface area contributed by atoms with Gasteiger partial charge in [0.2, 0.25) is 5.91 Å². The Hall–Kier alpha value is -1.53. The third-order valence-corrected chi connectivity index (χ3v) is 2.15. The monoisotopic (exact) mass is 259 g/mol. The van der Waals surface area contributed by atoms with E-state index >= 15 is 0 Å². The van der Waals surface area contributed by atoms with E-state index in [4.69, 9.17) is 9.84 Å². The van der Waals surface area contributed by atoms with Gasteiger partial charge in [0.1, 0.15) is 0 Å². The standard InChI is InChI=1S/C12H15F2NO3/c13-10-2-1-9(7-11(10)14)8-12(17)15-3-5-18-6-4-16/h1-2,7,16H,3-6,8H2,(H,15,17). The molecule has 0 radical (unpaired) electrons. The Bertz CT molecular complexity index is 399. The molecule has 0 aliphatic heterocycles. The number of rotatable bonds is 7. The van der Waals surface area contributed by atoms with Crippen molar-refractivity contribution in [1.82, 2.24) is 5.32 Å². The number of aliphatic hydroxyl groups excluding tert-OH is 1. The van der Waals surface area contributed by atoms with Crippen molar-refractivity contribution in [2.24, 2.45) is 0 Å². The van der Waals surface area contributed by atoms with Crippen LogP contribution >= 0.6 is 0 Å². The summed E-state index contributed by atoms with van der Waals surface area (Å²) in [7, 11) is 0. The summed E-state index contributed by atoms with van der Waals surface area (Å²) in [4.78, 5) is 11.4. The molecule has 1 rings (SSSR count). The number of amides is 1. The Labute approximate surface area is 104 Å². The molecular formula is C12H15F2NO3. The summed E-state index contributed by atoms with van der Waals surface area (Å²) < 4.78 is 30.5. The maximum atomic E-state index is 12.9. The molecule has 1 aromatic rings. The van der Waals surface area contributed by atoms with Crippen molar-refractivity contribution in [3.05, 3.63) is 35.4 Å². The third kappa shape index (κ3) is 5.20. The number of hydrogen-bond acceptors (Lipinski definition) is 3. The van der Waals surface area contributed by atoms with Crippen molar-refractivity contribution in [1.29, 1.82) is 0 Å². The lowest BCUT2D eigenvalue weighted by atomic mass is 10.1. The van der Waals surface area contributed by atoms with E-state index in [1.165, 1.54) is 6.07 Å². The Balaban J connectivity index is 2.29. The highest BCUT2D eigenvalue weighted by atomic mass is 19.2. The molecule has 0 spiro atoms. The van der Waals surface area contributed by atoms with Gasteiger partial charge in [-0.2, -0.15) is 0 Å². The van der Waals surface area contributed by atoms with Crippen LogP contribution in [0.15, 0.2) is 18.2 Å². The minimum Gasteiger partial charge on any atom is -0.394 e. The summed E-state index contributed by atoms with van der Waals surface area (Å²) in [5, 5.41) is 11.0. The Morgan fingerprint density at radius 3 is 2.72 bits per heavy atom. The molecule has 100 valence electrons. The van der Waals surface area contributed by atoms with Crippen molar-refractivity contribution in [2.45, 2.75) is 6.42 Å². The van der Waals surface area contributed by atoms with Crippen molar-refractivity contribution in [3.63, 3.8) is 0 Å². The van der Waals surface area contributed by atoms with Crippen LogP contribution in [0.25, 0.3) is 0 Å². The lowest BCUT2D eigenvalue weighted by molar-refractivity contribution is -0.120. The van der Waals surface area contributed by atoms with Gasteiger partial charge in [0.05, 0.1) is 26.2 Å². The molecular weight excluding hydrogens is 244 g/mol. The minimum atomic E-state index is -0.966. The Morgan fingerprint density at radius 2 is 2.06 bits per heavy atom. The van der Waals surface area contributed by atoms with Gasteiger partial charge < -0.3 is 15.2 Å².